The maximum absolute atomic E-state index is 13.1. The van der Waals surface area contributed by atoms with Crippen LogP contribution in [0.4, 0.5) is 4.39 Å². The van der Waals surface area contributed by atoms with E-state index in [2.05, 4.69) is 5.32 Å². The van der Waals surface area contributed by atoms with E-state index in [9.17, 15) is 9.18 Å². The van der Waals surface area contributed by atoms with Gasteiger partial charge in [-0.25, -0.2) is 4.39 Å². The van der Waals surface area contributed by atoms with Gasteiger partial charge in [-0.15, -0.1) is 0 Å². The van der Waals surface area contributed by atoms with E-state index in [0.717, 1.165) is 24.8 Å². The Bertz CT molecular complexity index is 557. The molecule has 1 saturated carbocycles. The number of hydrogen-bond acceptors (Lipinski definition) is 3. The van der Waals surface area contributed by atoms with Crippen LogP contribution in [0.25, 0.3) is 0 Å². The average Bonchev–Trinajstić information content (AvgIpc) is 2.93. The van der Waals surface area contributed by atoms with E-state index in [-0.39, 0.29) is 23.7 Å². The van der Waals surface area contributed by atoms with Gasteiger partial charge < -0.3 is 16.8 Å². The highest BCUT2D eigenvalue weighted by molar-refractivity contribution is 5.88. The molecule has 1 heterocycles. The van der Waals surface area contributed by atoms with Crippen molar-refractivity contribution in [3.63, 3.8) is 0 Å². The van der Waals surface area contributed by atoms with Crippen molar-refractivity contribution < 1.29 is 9.18 Å². The molecule has 1 aliphatic carbocycles. The van der Waals surface area contributed by atoms with Gasteiger partial charge in [-0.05, 0) is 43.9 Å². The van der Waals surface area contributed by atoms with E-state index in [0.29, 0.717) is 6.42 Å². The van der Waals surface area contributed by atoms with E-state index >= 15 is 0 Å². The molecule has 5 heteroatoms. The third-order valence-corrected chi connectivity index (χ3v) is 5.12. The molecule has 0 spiro atoms. The number of nitrogens with one attached hydrogen (secondary N) is 1. The molecule has 2 fully saturated rings. The van der Waals surface area contributed by atoms with Crippen LogP contribution >= 0.6 is 0 Å². The van der Waals surface area contributed by atoms with Crippen molar-refractivity contribution in [2.75, 3.05) is 0 Å². The highest BCUT2D eigenvalue weighted by atomic mass is 19.1. The summed E-state index contributed by atoms with van der Waals surface area (Å²) in [6.07, 6.45) is 3.35. The molecule has 1 aromatic rings. The van der Waals surface area contributed by atoms with E-state index in [1.54, 1.807) is 19.1 Å². The lowest BCUT2D eigenvalue weighted by Gasteiger charge is -2.37. The fraction of sp³-hybridized carbons (Fsp3) is 0.562. The van der Waals surface area contributed by atoms with Crippen LogP contribution in [-0.2, 0) is 4.79 Å². The zero-order chi connectivity index (χ0) is 15.3. The largest absolute Gasteiger partial charge is 0.350 e. The molecule has 4 nitrogen and oxygen atoms in total. The van der Waals surface area contributed by atoms with Gasteiger partial charge in [0, 0.05) is 17.5 Å². The van der Waals surface area contributed by atoms with Gasteiger partial charge in [0.1, 0.15) is 5.82 Å². The van der Waals surface area contributed by atoms with Crippen molar-refractivity contribution in [1.82, 2.24) is 5.32 Å². The van der Waals surface area contributed by atoms with Crippen molar-refractivity contribution in [1.29, 1.82) is 0 Å². The van der Waals surface area contributed by atoms with Crippen LogP contribution in [0, 0.1) is 5.82 Å². The summed E-state index contributed by atoms with van der Waals surface area (Å²) in [5.74, 6) is -0.262. The summed E-state index contributed by atoms with van der Waals surface area (Å²) in [4.78, 5) is 12.0. The summed E-state index contributed by atoms with van der Waals surface area (Å²) in [6.45, 7) is 1.74. The number of halogens is 1. The molecule has 0 bridgehead atoms. The lowest BCUT2D eigenvalue weighted by Crippen LogP contribution is -2.57. The Balaban J connectivity index is 1.89. The molecule has 1 aliphatic heterocycles. The van der Waals surface area contributed by atoms with E-state index < -0.39 is 11.1 Å². The molecule has 3 rings (SSSR count). The predicted molar refractivity (Wildman–Crippen MR) is 79.1 cm³/mol. The Hall–Kier alpha value is -1.46. The van der Waals surface area contributed by atoms with Crippen LogP contribution in [0.1, 0.15) is 44.1 Å². The molecule has 3 unspecified atom stereocenters. The summed E-state index contributed by atoms with van der Waals surface area (Å²) >= 11 is 0. The van der Waals surface area contributed by atoms with Crippen LogP contribution in [0.15, 0.2) is 24.3 Å². The molecule has 2 aliphatic rings. The second-order valence-corrected chi connectivity index (χ2v) is 6.76. The van der Waals surface area contributed by atoms with Gasteiger partial charge in [0.25, 0.3) is 0 Å². The first-order chi connectivity index (χ1) is 9.83. The number of amides is 1. The highest BCUT2D eigenvalue weighted by Crippen LogP contribution is 2.45. The lowest BCUT2D eigenvalue weighted by atomic mass is 9.75. The molecule has 0 radical (unpaired) electrons. The summed E-state index contributed by atoms with van der Waals surface area (Å²) < 4.78 is 13.1. The Morgan fingerprint density at radius 2 is 1.95 bits per heavy atom. The first-order valence-electron chi connectivity index (χ1n) is 7.47. The fourth-order valence-corrected chi connectivity index (χ4v) is 3.86. The maximum atomic E-state index is 13.1. The summed E-state index contributed by atoms with van der Waals surface area (Å²) in [6, 6.07) is 6.40. The SMILES string of the molecule is C[C@@]1(N)CC(C2(N)CCCC2c2ccc(F)cc2)NC1=O. The van der Waals surface area contributed by atoms with Gasteiger partial charge in [-0.1, -0.05) is 18.6 Å². The van der Waals surface area contributed by atoms with Crippen molar-refractivity contribution in [2.45, 2.75) is 55.6 Å². The highest BCUT2D eigenvalue weighted by Gasteiger charge is 2.53. The standard InChI is InChI=1S/C16H22FN3O/c1-15(18)9-13(20-14(15)21)16(19)8-2-3-12(16)10-4-6-11(17)7-5-10/h4-7,12-13H,2-3,8-9,18-19H2,1H3,(H,20,21)/t12?,13?,15-,16?/m1/s1. The van der Waals surface area contributed by atoms with E-state index in [4.69, 9.17) is 11.5 Å². The van der Waals surface area contributed by atoms with Crippen molar-refractivity contribution in [3.05, 3.63) is 35.6 Å². The van der Waals surface area contributed by atoms with Gasteiger partial charge >= 0.3 is 0 Å². The van der Waals surface area contributed by atoms with Gasteiger partial charge in [0.05, 0.1) is 5.54 Å². The molecule has 4 atom stereocenters. The summed E-state index contributed by atoms with van der Waals surface area (Å²) in [5, 5.41) is 2.97. The molecule has 5 N–H and O–H groups in total. The van der Waals surface area contributed by atoms with Crippen LogP contribution in [0.2, 0.25) is 0 Å². The maximum Gasteiger partial charge on any atom is 0.240 e. The van der Waals surface area contributed by atoms with Crippen molar-refractivity contribution in [2.24, 2.45) is 11.5 Å². The first-order valence-corrected chi connectivity index (χ1v) is 7.47. The lowest BCUT2D eigenvalue weighted by molar-refractivity contribution is -0.123. The van der Waals surface area contributed by atoms with E-state index in [1.165, 1.54) is 12.1 Å². The average molecular weight is 291 g/mol. The van der Waals surface area contributed by atoms with Crippen LogP contribution in [-0.4, -0.2) is 23.0 Å². The second-order valence-electron chi connectivity index (χ2n) is 6.76. The quantitative estimate of drug-likeness (QED) is 0.770. The Labute approximate surface area is 124 Å². The Morgan fingerprint density at radius 1 is 1.29 bits per heavy atom. The summed E-state index contributed by atoms with van der Waals surface area (Å²) in [7, 11) is 0. The molecular formula is C16H22FN3O. The molecule has 1 amide bonds. The topological polar surface area (TPSA) is 81.1 Å². The van der Waals surface area contributed by atoms with E-state index in [1.807, 2.05) is 0 Å². The number of nitrogens with two attached hydrogens (primary N) is 2. The minimum Gasteiger partial charge on any atom is -0.350 e. The van der Waals surface area contributed by atoms with Gasteiger partial charge in [0.15, 0.2) is 0 Å². The van der Waals surface area contributed by atoms with Gasteiger partial charge in [-0.2, -0.15) is 0 Å². The zero-order valence-electron chi connectivity index (χ0n) is 12.2. The minimum absolute atomic E-state index is 0.122. The number of hydrogen-bond donors (Lipinski definition) is 3. The van der Waals surface area contributed by atoms with Crippen molar-refractivity contribution >= 4 is 5.91 Å². The Morgan fingerprint density at radius 3 is 2.52 bits per heavy atom. The van der Waals surface area contributed by atoms with Crippen LogP contribution < -0.4 is 16.8 Å². The van der Waals surface area contributed by atoms with Crippen LogP contribution in [0.5, 0.6) is 0 Å². The summed E-state index contributed by atoms with van der Waals surface area (Å²) in [5.41, 5.74) is 12.4. The second kappa shape index (κ2) is 4.78. The zero-order valence-corrected chi connectivity index (χ0v) is 12.2. The van der Waals surface area contributed by atoms with Gasteiger partial charge in [-0.3, -0.25) is 4.79 Å². The third-order valence-electron chi connectivity index (χ3n) is 5.12. The monoisotopic (exact) mass is 291 g/mol. The smallest absolute Gasteiger partial charge is 0.240 e. The number of carbonyl (C=O) groups excluding carboxylic acids is 1. The molecule has 1 aromatic carbocycles. The third kappa shape index (κ3) is 2.34. The molecular weight excluding hydrogens is 269 g/mol. The van der Waals surface area contributed by atoms with Crippen LogP contribution in [0.3, 0.4) is 0 Å². The fourth-order valence-electron chi connectivity index (χ4n) is 3.86. The van der Waals surface area contributed by atoms with Crippen molar-refractivity contribution in [3.8, 4) is 0 Å². The predicted octanol–water partition coefficient (Wildman–Crippen LogP) is 1.40. The Kier molecular flexibility index (Phi) is 3.30. The molecule has 21 heavy (non-hydrogen) atoms. The molecule has 0 aromatic heterocycles. The number of rotatable bonds is 2. The molecule has 114 valence electrons. The normalized spacial score (nSPS) is 39.5. The number of carbonyl (C=O) groups is 1. The minimum atomic E-state index is -0.854. The first kappa shape index (κ1) is 14.5. The number of benzene rings is 1. The molecule has 1 saturated heterocycles. The van der Waals surface area contributed by atoms with Gasteiger partial charge in [0.2, 0.25) is 5.91 Å².